The van der Waals surface area contributed by atoms with Gasteiger partial charge in [0, 0.05) is 41.9 Å². The van der Waals surface area contributed by atoms with E-state index >= 15 is 0 Å². The van der Waals surface area contributed by atoms with Gasteiger partial charge >= 0.3 is 0 Å². The van der Waals surface area contributed by atoms with Crippen LogP contribution in [0.15, 0.2) is 88.5 Å². The number of para-hydroxylation sites is 1. The van der Waals surface area contributed by atoms with Crippen molar-refractivity contribution in [3.8, 4) is 5.75 Å². The molecule has 1 aliphatic heterocycles. The van der Waals surface area contributed by atoms with Crippen LogP contribution >= 0.6 is 11.6 Å². The molecule has 4 aromatic rings. The van der Waals surface area contributed by atoms with E-state index in [0.29, 0.717) is 33.0 Å². The van der Waals surface area contributed by atoms with Crippen LogP contribution in [-0.4, -0.2) is 38.0 Å². The summed E-state index contributed by atoms with van der Waals surface area (Å²) in [6, 6.07) is 20.3. The lowest BCUT2D eigenvalue weighted by atomic mass is 9.94. The Hall–Kier alpha value is -4.23. The molecule has 182 valence electrons. The summed E-state index contributed by atoms with van der Waals surface area (Å²) in [5.74, 6) is -1.54. The SMILES string of the molecule is COc1cc(Cl)cc2cc(C(=O)C3=C(O)C(=O)N(c4ccccc4)C3c3ccc(N(C)C)cc3)oc12. The lowest BCUT2D eigenvalue weighted by Gasteiger charge is -2.27. The fraction of sp³-hybridized carbons (Fsp3) is 0.143. The standard InChI is InChI=1S/C28H23ClN2O5/c1-30(2)19-11-9-16(10-12-19)24-23(26(33)28(34)31(24)20-7-5-4-6-8-20)25(32)21-14-17-13-18(29)15-22(35-3)27(17)36-21/h4-15,24,33H,1-3H3. The highest BCUT2D eigenvalue weighted by atomic mass is 35.5. The molecule has 1 atom stereocenters. The summed E-state index contributed by atoms with van der Waals surface area (Å²) in [6.45, 7) is 0. The zero-order valence-corrected chi connectivity index (χ0v) is 20.6. The highest BCUT2D eigenvalue weighted by Crippen LogP contribution is 2.43. The Bertz CT molecular complexity index is 1510. The maximum absolute atomic E-state index is 13.8. The van der Waals surface area contributed by atoms with E-state index in [2.05, 4.69) is 0 Å². The van der Waals surface area contributed by atoms with Gasteiger partial charge in [-0.25, -0.2) is 0 Å². The Kier molecular flexibility index (Phi) is 5.94. The van der Waals surface area contributed by atoms with Gasteiger partial charge in [0.25, 0.3) is 5.91 Å². The van der Waals surface area contributed by atoms with Crippen LogP contribution < -0.4 is 14.5 Å². The summed E-state index contributed by atoms with van der Waals surface area (Å²) in [6.07, 6.45) is 0. The van der Waals surface area contributed by atoms with Crippen molar-refractivity contribution in [3.05, 3.63) is 100 Å². The number of rotatable bonds is 6. The molecule has 5 rings (SSSR count). The van der Waals surface area contributed by atoms with Gasteiger partial charge in [0.1, 0.15) is 0 Å². The average Bonchev–Trinajstić information content (AvgIpc) is 3.42. The maximum Gasteiger partial charge on any atom is 0.294 e. The molecule has 0 aliphatic carbocycles. The number of nitrogens with zero attached hydrogens (tertiary/aromatic N) is 2. The number of ketones is 1. The number of furan rings is 1. The van der Waals surface area contributed by atoms with E-state index in [1.165, 1.54) is 18.1 Å². The molecule has 1 aromatic heterocycles. The Balaban J connectivity index is 1.65. The van der Waals surface area contributed by atoms with E-state index in [0.717, 1.165) is 5.69 Å². The van der Waals surface area contributed by atoms with Gasteiger partial charge in [-0.3, -0.25) is 14.5 Å². The number of anilines is 2. The topological polar surface area (TPSA) is 83.2 Å². The van der Waals surface area contributed by atoms with Crippen molar-refractivity contribution in [1.29, 1.82) is 0 Å². The van der Waals surface area contributed by atoms with Crippen LogP contribution in [0.1, 0.15) is 22.2 Å². The molecule has 3 aromatic carbocycles. The van der Waals surface area contributed by atoms with E-state index in [1.54, 1.807) is 36.4 Å². The summed E-state index contributed by atoms with van der Waals surface area (Å²) in [5.41, 5.74) is 2.46. The lowest BCUT2D eigenvalue weighted by molar-refractivity contribution is -0.117. The first-order valence-corrected chi connectivity index (χ1v) is 11.6. The van der Waals surface area contributed by atoms with Crippen LogP contribution in [0.2, 0.25) is 5.02 Å². The van der Waals surface area contributed by atoms with Crippen molar-refractivity contribution in [3.63, 3.8) is 0 Å². The van der Waals surface area contributed by atoms with Crippen LogP contribution in [0.4, 0.5) is 11.4 Å². The number of hydrogen-bond acceptors (Lipinski definition) is 6. The van der Waals surface area contributed by atoms with Crippen molar-refractivity contribution >= 4 is 45.6 Å². The number of carbonyl (C=O) groups is 2. The molecule has 0 spiro atoms. The van der Waals surface area contributed by atoms with E-state index in [1.807, 2.05) is 49.3 Å². The summed E-state index contributed by atoms with van der Waals surface area (Å²) in [7, 11) is 5.32. The van der Waals surface area contributed by atoms with E-state index in [-0.39, 0.29) is 11.3 Å². The van der Waals surface area contributed by atoms with Gasteiger partial charge in [0.2, 0.25) is 5.78 Å². The summed E-state index contributed by atoms with van der Waals surface area (Å²) in [4.78, 5) is 30.5. The predicted molar refractivity (Wildman–Crippen MR) is 139 cm³/mol. The number of carbonyl (C=O) groups excluding carboxylic acids is 2. The highest BCUT2D eigenvalue weighted by molar-refractivity contribution is 6.31. The number of aliphatic hydroxyl groups excluding tert-OH is 1. The van der Waals surface area contributed by atoms with Gasteiger partial charge in [-0.05, 0) is 42.0 Å². The zero-order chi connectivity index (χ0) is 25.6. The molecule has 0 bridgehead atoms. The maximum atomic E-state index is 13.8. The number of aliphatic hydroxyl groups is 1. The fourth-order valence-corrected chi connectivity index (χ4v) is 4.66. The minimum absolute atomic E-state index is 0.0373. The summed E-state index contributed by atoms with van der Waals surface area (Å²) < 4.78 is 11.2. The van der Waals surface area contributed by atoms with Crippen LogP contribution in [0.25, 0.3) is 11.0 Å². The second-order valence-electron chi connectivity index (χ2n) is 8.63. The molecule has 0 fully saturated rings. The van der Waals surface area contributed by atoms with Gasteiger partial charge < -0.3 is 19.2 Å². The number of halogens is 1. The molecular formula is C28H23ClN2O5. The van der Waals surface area contributed by atoms with E-state index in [9.17, 15) is 14.7 Å². The fourth-order valence-electron chi connectivity index (χ4n) is 4.44. The van der Waals surface area contributed by atoms with Crippen LogP contribution in [0, 0.1) is 0 Å². The number of benzene rings is 3. The molecule has 8 heteroatoms. The van der Waals surface area contributed by atoms with Crippen molar-refractivity contribution in [2.75, 3.05) is 31.0 Å². The molecule has 36 heavy (non-hydrogen) atoms. The number of methoxy groups -OCH3 is 1. The number of hydrogen-bond donors (Lipinski definition) is 1. The van der Waals surface area contributed by atoms with Gasteiger partial charge in [0.05, 0.1) is 18.7 Å². The Labute approximate surface area is 212 Å². The molecule has 1 aliphatic rings. The van der Waals surface area contributed by atoms with E-state index in [4.69, 9.17) is 20.8 Å². The number of fused-ring (bicyclic) bond motifs is 1. The van der Waals surface area contributed by atoms with Crippen LogP contribution in [0.5, 0.6) is 5.75 Å². The Morgan fingerprint density at radius 1 is 1.06 bits per heavy atom. The first kappa shape index (κ1) is 23.5. The van der Waals surface area contributed by atoms with Crippen LogP contribution in [0.3, 0.4) is 0 Å². The van der Waals surface area contributed by atoms with Crippen molar-refractivity contribution < 1.29 is 23.8 Å². The molecular weight excluding hydrogens is 480 g/mol. The minimum atomic E-state index is -0.859. The third-order valence-electron chi connectivity index (χ3n) is 6.20. The largest absolute Gasteiger partial charge is 0.503 e. The second-order valence-corrected chi connectivity index (χ2v) is 9.06. The first-order valence-electron chi connectivity index (χ1n) is 11.2. The quantitative estimate of drug-likeness (QED) is 0.328. The Morgan fingerprint density at radius 3 is 2.39 bits per heavy atom. The third-order valence-corrected chi connectivity index (χ3v) is 6.42. The Morgan fingerprint density at radius 2 is 1.75 bits per heavy atom. The molecule has 2 heterocycles. The van der Waals surface area contributed by atoms with Crippen molar-refractivity contribution in [2.24, 2.45) is 0 Å². The molecule has 1 amide bonds. The minimum Gasteiger partial charge on any atom is -0.503 e. The molecule has 0 saturated heterocycles. The normalized spacial score (nSPS) is 15.6. The number of Topliss-reactive ketones (excluding diaryl/α,β-unsaturated/α-hetero) is 1. The molecule has 0 radical (unpaired) electrons. The van der Waals surface area contributed by atoms with Gasteiger partial charge in [-0.15, -0.1) is 0 Å². The molecule has 0 saturated carbocycles. The average molecular weight is 503 g/mol. The highest BCUT2D eigenvalue weighted by Gasteiger charge is 2.45. The number of amides is 1. The number of ether oxygens (including phenoxy) is 1. The first-order chi connectivity index (χ1) is 17.3. The van der Waals surface area contributed by atoms with Gasteiger partial charge in [-0.1, -0.05) is 41.9 Å². The lowest BCUT2D eigenvalue weighted by Crippen LogP contribution is -2.31. The van der Waals surface area contributed by atoms with E-state index < -0.39 is 23.5 Å². The van der Waals surface area contributed by atoms with Gasteiger partial charge in [-0.2, -0.15) is 0 Å². The second kappa shape index (κ2) is 9.09. The molecule has 1 N–H and O–H groups in total. The van der Waals surface area contributed by atoms with Crippen molar-refractivity contribution in [1.82, 2.24) is 0 Å². The molecule has 7 nitrogen and oxygen atoms in total. The zero-order valence-electron chi connectivity index (χ0n) is 19.9. The van der Waals surface area contributed by atoms with Gasteiger partial charge in [0.15, 0.2) is 22.9 Å². The van der Waals surface area contributed by atoms with Crippen molar-refractivity contribution in [2.45, 2.75) is 6.04 Å². The molecule has 1 unspecified atom stereocenters. The smallest absolute Gasteiger partial charge is 0.294 e. The third kappa shape index (κ3) is 3.87. The monoisotopic (exact) mass is 502 g/mol. The predicted octanol–water partition coefficient (Wildman–Crippen LogP) is 5.94. The summed E-state index contributed by atoms with van der Waals surface area (Å²) >= 11 is 6.18. The summed E-state index contributed by atoms with van der Waals surface area (Å²) in [5, 5.41) is 12.0. The van der Waals surface area contributed by atoms with Crippen LogP contribution in [-0.2, 0) is 4.79 Å².